The Hall–Kier alpha value is -3.40. The number of methoxy groups -OCH3 is 1. The van der Waals surface area contributed by atoms with Gasteiger partial charge < -0.3 is 30.1 Å². The second kappa shape index (κ2) is 12.6. The van der Waals surface area contributed by atoms with Gasteiger partial charge in [0.25, 0.3) is 0 Å². The van der Waals surface area contributed by atoms with Crippen molar-refractivity contribution in [1.29, 1.82) is 0 Å². The van der Waals surface area contributed by atoms with Crippen LogP contribution in [0, 0.1) is 13.8 Å². The van der Waals surface area contributed by atoms with Gasteiger partial charge in [0, 0.05) is 68.5 Å². The molecule has 10 nitrogen and oxygen atoms in total. The number of halogens is 1. The summed E-state index contributed by atoms with van der Waals surface area (Å²) in [6.45, 7) is 12.0. The van der Waals surface area contributed by atoms with Gasteiger partial charge in [0.2, 0.25) is 5.95 Å². The number of ether oxygens (including phenoxy) is 1. The lowest BCUT2D eigenvalue weighted by Gasteiger charge is -2.31. The molecule has 3 N–H and O–H groups in total. The zero-order valence-corrected chi connectivity index (χ0v) is 26.7. The van der Waals surface area contributed by atoms with Crippen LogP contribution in [-0.2, 0) is 7.05 Å². The molecule has 1 aliphatic heterocycles. The van der Waals surface area contributed by atoms with Crippen LogP contribution in [0.15, 0.2) is 47.3 Å². The summed E-state index contributed by atoms with van der Waals surface area (Å²) in [4.78, 5) is 11.7. The summed E-state index contributed by atoms with van der Waals surface area (Å²) in [5.41, 5.74) is 7.09. The Morgan fingerprint density at radius 2 is 1.83 bits per heavy atom. The van der Waals surface area contributed by atoms with E-state index in [-0.39, 0.29) is 0 Å². The van der Waals surface area contributed by atoms with Gasteiger partial charge in [0.1, 0.15) is 17.3 Å². The van der Waals surface area contributed by atoms with E-state index in [4.69, 9.17) is 14.2 Å². The predicted octanol–water partition coefficient (Wildman–Crippen LogP) is 6.20. The fraction of sp³-hybridized carbons (Fsp3) is 0.345. The Kier molecular flexibility index (Phi) is 8.97. The third kappa shape index (κ3) is 6.58. The fourth-order valence-electron chi connectivity index (χ4n) is 4.75. The van der Waals surface area contributed by atoms with Crippen LogP contribution < -0.4 is 30.1 Å². The lowest BCUT2D eigenvalue weighted by atomic mass is 10.0. The first-order valence-electron chi connectivity index (χ1n) is 13.4. The van der Waals surface area contributed by atoms with Gasteiger partial charge in [-0.05, 0) is 66.4 Å². The summed E-state index contributed by atoms with van der Waals surface area (Å²) in [6.07, 6.45) is 5.64. The minimum Gasteiger partial charge on any atom is -0.494 e. The molecule has 0 amide bonds. The van der Waals surface area contributed by atoms with E-state index in [9.17, 15) is 0 Å². The molecule has 3 heterocycles. The number of hydrogen-bond donors (Lipinski definition) is 3. The van der Waals surface area contributed by atoms with E-state index in [1.165, 1.54) is 5.56 Å². The maximum atomic E-state index is 6.24. The molecule has 4 aromatic rings. The summed E-state index contributed by atoms with van der Waals surface area (Å²) in [7, 11) is 3.00. The first-order valence-corrected chi connectivity index (χ1v) is 16.4. The molecular weight excluding hydrogens is 603 g/mol. The van der Waals surface area contributed by atoms with Crippen molar-refractivity contribution in [3.63, 3.8) is 0 Å². The summed E-state index contributed by atoms with van der Waals surface area (Å²) in [5, 5.41) is 14.7. The van der Waals surface area contributed by atoms with Gasteiger partial charge in [-0.15, -0.1) is 0 Å². The third-order valence-electron chi connectivity index (χ3n) is 6.99. The van der Waals surface area contributed by atoms with Crippen LogP contribution in [0.1, 0.15) is 11.1 Å². The van der Waals surface area contributed by atoms with Crippen molar-refractivity contribution in [1.82, 2.24) is 25.1 Å². The van der Waals surface area contributed by atoms with E-state index in [0.29, 0.717) is 17.5 Å². The van der Waals surface area contributed by atoms with Gasteiger partial charge in [-0.3, -0.25) is 4.68 Å². The molecule has 0 radical (unpaired) electrons. The van der Waals surface area contributed by atoms with E-state index >= 15 is 0 Å². The first kappa shape index (κ1) is 29.1. The number of nitrogens with one attached hydrogen (secondary N) is 3. The fourth-order valence-corrected chi connectivity index (χ4v) is 5.64. The summed E-state index contributed by atoms with van der Waals surface area (Å²) >= 11 is 3.61. The second-order valence-electron chi connectivity index (χ2n) is 10.1. The zero-order chi connectivity index (χ0) is 29.1. The van der Waals surface area contributed by atoms with Gasteiger partial charge in [-0.25, -0.2) is 4.98 Å². The molecule has 0 unspecified atom stereocenters. The highest BCUT2D eigenvalue weighted by molar-refractivity contribution is 9.10. The van der Waals surface area contributed by atoms with Gasteiger partial charge in [-0.2, -0.15) is 10.1 Å². The molecule has 2 aromatic carbocycles. The average Bonchev–Trinajstić information content (AvgIpc) is 3.40. The van der Waals surface area contributed by atoms with E-state index in [1.807, 2.05) is 30.2 Å². The predicted molar refractivity (Wildman–Crippen MR) is 172 cm³/mol. The van der Waals surface area contributed by atoms with Crippen molar-refractivity contribution >= 4 is 52.9 Å². The Labute approximate surface area is 250 Å². The summed E-state index contributed by atoms with van der Waals surface area (Å²) in [5.74, 6) is 2.60. The van der Waals surface area contributed by atoms with Gasteiger partial charge in [0.05, 0.1) is 37.3 Å². The maximum absolute atomic E-state index is 6.24. The van der Waals surface area contributed by atoms with Crippen molar-refractivity contribution in [2.75, 3.05) is 62.2 Å². The normalized spacial score (nSPS) is 13.4. The molecule has 0 bridgehead atoms. The smallest absolute Gasteiger partial charge is 0.229 e. The van der Waals surface area contributed by atoms with Crippen molar-refractivity contribution in [2.24, 2.45) is 7.05 Å². The second-order valence-corrected chi connectivity index (χ2v) is 12.8. The number of benzene rings is 2. The monoisotopic (exact) mass is 638 g/mol. The van der Waals surface area contributed by atoms with Crippen LogP contribution >= 0.6 is 24.1 Å². The number of hydrogen-bond acceptors (Lipinski definition) is 9. The number of piperazine rings is 1. The van der Waals surface area contributed by atoms with E-state index in [1.54, 1.807) is 13.3 Å². The Balaban J connectivity index is 1.50. The lowest BCUT2D eigenvalue weighted by molar-refractivity contribution is 0.416. The lowest BCUT2D eigenvalue weighted by Crippen LogP contribution is -2.43. The maximum Gasteiger partial charge on any atom is 0.229 e. The summed E-state index contributed by atoms with van der Waals surface area (Å²) in [6, 6.07) is 8.28. The Morgan fingerprint density at radius 1 is 1.05 bits per heavy atom. The molecule has 1 aliphatic rings. The van der Waals surface area contributed by atoms with Gasteiger partial charge in [0.15, 0.2) is 0 Å². The highest BCUT2D eigenvalue weighted by atomic mass is 79.9. The van der Waals surface area contributed by atoms with Crippen LogP contribution in [-0.4, -0.2) is 66.4 Å². The SMILES string of the molecule is COc1cc(N2CCNCC2)c(-c2cnn(C)c2)cc1Nc1ncc(Br)c(Nc2ccc(C)c(C)c2OP(C)C)n1. The molecule has 216 valence electrons. The summed E-state index contributed by atoms with van der Waals surface area (Å²) < 4.78 is 14.6. The highest BCUT2D eigenvalue weighted by Crippen LogP contribution is 2.42. The average molecular weight is 640 g/mol. The topological polar surface area (TPSA) is 101 Å². The first-order chi connectivity index (χ1) is 19.7. The molecule has 0 aliphatic carbocycles. The molecule has 2 aromatic heterocycles. The molecular formula is C29H36BrN8O2P. The minimum atomic E-state index is -0.602. The van der Waals surface area contributed by atoms with E-state index in [0.717, 1.165) is 70.2 Å². The molecule has 1 saturated heterocycles. The molecule has 41 heavy (non-hydrogen) atoms. The van der Waals surface area contributed by atoms with Crippen LogP contribution in [0.5, 0.6) is 11.5 Å². The molecule has 12 heteroatoms. The van der Waals surface area contributed by atoms with Gasteiger partial charge >= 0.3 is 0 Å². The third-order valence-corrected chi connectivity index (χ3v) is 8.11. The van der Waals surface area contributed by atoms with Crippen LogP contribution in [0.3, 0.4) is 0 Å². The van der Waals surface area contributed by atoms with Crippen LogP contribution in [0.2, 0.25) is 0 Å². The van der Waals surface area contributed by atoms with Crippen molar-refractivity contribution < 1.29 is 9.26 Å². The van der Waals surface area contributed by atoms with E-state index < -0.39 is 8.15 Å². The largest absolute Gasteiger partial charge is 0.494 e. The molecule has 1 fully saturated rings. The van der Waals surface area contributed by atoms with Crippen molar-refractivity contribution in [3.8, 4) is 22.6 Å². The van der Waals surface area contributed by atoms with Crippen molar-refractivity contribution in [2.45, 2.75) is 13.8 Å². The Bertz CT molecular complexity index is 1540. The minimum absolute atomic E-state index is 0.431. The quantitative estimate of drug-likeness (QED) is 0.185. The standard InChI is InChI=1S/C29H36BrN8O2P/c1-18-7-8-23(27(19(18)2)40-41(5)6)34-28-22(30)16-32-29(36-28)35-24-13-21(20-15-33-37(3)17-20)25(14-26(24)39-4)38-11-9-31-10-12-38/h7-8,13-17,31H,9-12H2,1-6H3,(H2,32,34,35,36). The number of aryl methyl sites for hydroxylation is 2. The van der Waals surface area contributed by atoms with E-state index in [2.05, 4.69) is 92.2 Å². The highest BCUT2D eigenvalue weighted by Gasteiger charge is 2.21. The van der Waals surface area contributed by atoms with Crippen LogP contribution in [0.25, 0.3) is 11.1 Å². The van der Waals surface area contributed by atoms with Crippen molar-refractivity contribution in [3.05, 3.63) is 58.5 Å². The number of anilines is 5. The van der Waals surface area contributed by atoms with Gasteiger partial charge in [-0.1, -0.05) is 6.07 Å². The number of rotatable bonds is 9. The number of aromatic nitrogens is 4. The molecule has 0 saturated carbocycles. The number of nitrogens with zero attached hydrogens (tertiary/aromatic N) is 5. The Morgan fingerprint density at radius 3 is 2.51 bits per heavy atom. The molecule has 0 spiro atoms. The molecule has 0 atom stereocenters. The zero-order valence-electron chi connectivity index (χ0n) is 24.2. The van der Waals surface area contributed by atoms with Crippen LogP contribution in [0.4, 0.5) is 28.8 Å². The molecule has 5 rings (SSSR count).